The summed E-state index contributed by atoms with van der Waals surface area (Å²) in [6.07, 6.45) is 12.4. The van der Waals surface area contributed by atoms with Gasteiger partial charge in [0.2, 0.25) is 0 Å². The Morgan fingerprint density at radius 1 is 1.06 bits per heavy atom. The second-order valence-electron chi connectivity index (χ2n) is 11.1. The number of fused-ring (bicyclic) bond motifs is 1. The van der Waals surface area contributed by atoms with Crippen molar-refractivity contribution in [3.63, 3.8) is 0 Å². The van der Waals surface area contributed by atoms with Crippen molar-refractivity contribution in [2.75, 3.05) is 32.7 Å². The van der Waals surface area contributed by atoms with Gasteiger partial charge in [0.1, 0.15) is 5.75 Å². The summed E-state index contributed by atoms with van der Waals surface area (Å²) in [5, 5.41) is 22.9. The molecule has 2 bridgehead atoms. The van der Waals surface area contributed by atoms with E-state index in [9.17, 15) is 10.2 Å². The molecule has 3 fully saturated rings. The Morgan fingerprint density at radius 2 is 1.91 bits per heavy atom. The molecule has 2 saturated heterocycles. The molecule has 1 aromatic carbocycles. The first-order valence-electron chi connectivity index (χ1n) is 13.0. The van der Waals surface area contributed by atoms with E-state index in [0.717, 1.165) is 77.2 Å². The number of hydrogen-bond donors (Lipinski definition) is 2. The molecule has 2 N–H and O–H groups in total. The van der Waals surface area contributed by atoms with Gasteiger partial charge in [0, 0.05) is 36.9 Å². The third kappa shape index (κ3) is 3.78. The van der Waals surface area contributed by atoms with E-state index in [2.05, 4.69) is 26.9 Å². The SMILES string of the molecule is Oc1ccc2c(c1)C13CCN(CCCc4cccnc4)CCC1(O)C(C2)N(CC1CC1)CC3. The number of aryl methyl sites for hydroxylation is 1. The number of aliphatic hydroxyl groups is 1. The quantitative estimate of drug-likeness (QED) is 0.710. The molecular weight excluding hydrogens is 410 g/mol. The first-order valence-corrected chi connectivity index (χ1v) is 13.0. The second kappa shape index (κ2) is 8.37. The van der Waals surface area contributed by atoms with Crippen LogP contribution in [0.3, 0.4) is 0 Å². The van der Waals surface area contributed by atoms with Crippen molar-refractivity contribution in [2.24, 2.45) is 5.92 Å². The van der Waals surface area contributed by atoms with Gasteiger partial charge < -0.3 is 15.1 Å². The van der Waals surface area contributed by atoms with Gasteiger partial charge in [0.15, 0.2) is 0 Å². The highest BCUT2D eigenvalue weighted by atomic mass is 16.3. The van der Waals surface area contributed by atoms with E-state index < -0.39 is 5.60 Å². The molecule has 3 unspecified atom stereocenters. The van der Waals surface area contributed by atoms with Gasteiger partial charge in [0.05, 0.1) is 5.60 Å². The molecule has 0 radical (unpaired) electrons. The second-order valence-corrected chi connectivity index (χ2v) is 11.1. The van der Waals surface area contributed by atoms with Crippen LogP contribution in [0.2, 0.25) is 0 Å². The Morgan fingerprint density at radius 3 is 2.73 bits per heavy atom. The number of piperidine rings is 1. The lowest BCUT2D eigenvalue weighted by atomic mass is 9.52. The van der Waals surface area contributed by atoms with Crippen LogP contribution >= 0.6 is 0 Å². The molecule has 3 heterocycles. The summed E-state index contributed by atoms with van der Waals surface area (Å²) < 4.78 is 0. The minimum absolute atomic E-state index is 0.194. The number of benzene rings is 1. The van der Waals surface area contributed by atoms with Crippen molar-refractivity contribution in [3.8, 4) is 5.75 Å². The third-order valence-electron chi connectivity index (χ3n) is 9.19. The van der Waals surface area contributed by atoms with Crippen molar-refractivity contribution in [1.82, 2.24) is 14.8 Å². The molecule has 2 aromatic rings. The van der Waals surface area contributed by atoms with Gasteiger partial charge in [-0.2, -0.15) is 0 Å². The van der Waals surface area contributed by atoms with Crippen LogP contribution in [0.15, 0.2) is 42.7 Å². The Kier molecular flexibility index (Phi) is 5.47. The summed E-state index contributed by atoms with van der Waals surface area (Å²) >= 11 is 0. The lowest BCUT2D eigenvalue weighted by Crippen LogP contribution is -2.71. The van der Waals surface area contributed by atoms with Crippen LogP contribution in [0.4, 0.5) is 0 Å². The predicted octanol–water partition coefficient (Wildman–Crippen LogP) is 3.53. The van der Waals surface area contributed by atoms with E-state index in [0.29, 0.717) is 5.75 Å². The van der Waals surface area contributed by atoms with Crippen LogP contribution in [0.25, 0.3) is 0 Å². The molecule has 5 heteroatoms. The summed E-state index contributed by atoms with van der Waals surface area (Å²) in [5.41, 5.74) is 2.90. The fraction of sp³-hybridized carbons (Fsp3) is 0.607. The molecule has 4 aliphatic rings. The molecule has 6 rings (SSSR count). The lowest BCUT2D eigenvalue weighted by Gasteiger charge is -2.61. The topological polar surface area (TPSA) is 59.8 Å². The summed E-state index contributed by atoms with van der Waals surface area (Å²) in [6, 6.07) is 10.3. The number of aromatic hydroxyl groups is 1. The third-order valence-corrected chi connectivity index (χ3v) is 9.19. The van der Waals surface area contributed by atoms with Crippen LogP contribution in [0.5, 0.6) is 5.75 Å². The first kappa shape index (κ1) is 21.6. The summed E-state index contributed by atoms with van der Waals surface area (Å²) in [7, 11) is 0. The maximum atomic E-state index is 12.5. The maximum Gasteiger partial charge on any atom is 0.115 e. The molecule has 2 aliphatic carbocycles. The van der Waals surface area contributed by atoms with Gasteiger partial charge >= 0.3 is 0 Å². The van der Waals surface area contributed by atoms with E-state index in [1.54, 1.807) is 0 Å². The summed E-state index contributed by atoms with van der Waals surface area (Å²) in [6.45, 7) is 5.24. The van der Waals surface area contributed by atoms with Crippen molar-refractivity contribution in [1.29, 1.82) is 0 Å². The van der Waals surface area contributed by atoms with Crippen molar-refractivity contribution < 1.29 is 10.2 Å². The van der Waals surface area contributed by atoms with Gasteiger partial charge in [-0.15, -0.1) is 0 Å². The maximum absolute atomic E-state index is 12.5. The van der Waals surface area contributed by atoms with E-state index in [1.807, 2.05) is 30.6 Å². The van der Waals surface area contributed by atoms with Gasteiger partial charge in [-0.25, -0.2) is 0 Å². The van der Waals surface area contributed by atoms with Crippen molar-refractivity contribution >= 4 is 0 Å². The Bertz CT molecular complexity index is 994. The van der Waals surface area contributed by atoms with E-state index in [1.165, 1.54) is 29.5 Å². The molecular formula is C28H37N3O2. The van der Waals surface area contributed by atoms with Crippen LogP contribution in [-0.2, 0) is 18.3 Å². The molecule has 3 atom stereocenters. The highest BCUT2D eigenvalue weighted by Crippen LogP contribution is 2.56. The predicted molar refractivity (Wildman–Crippen MR) is 129 cm³/mol. The minimum atomic E-state index is -0.723. The standard InChI is InChI=1S/C28H37N3O2/c32-24-8-7-23-17-26-28(33)11-15-30(13-2-4-21-3-1-12-29-19-21)14-9-27(28,25(23)18-24)10-16-31(26)20-22-5-6-22/h1,3,7-8,12,18-19,22,26,32-33H,2,4-6,9-11,13-17,20H2. The van der Waals surface area contributed by atoms with Gasteiger partial charge in [-0.05, 0) is 112 Å². The molecule has 5 nitrogen and oxygen atoms in total. The molecule has 0 amide bonds. The van der Waals surface area contributed by atoms with Crippen molar-refractivity contribution in [2.45, 2.75) is 68.4 Å². The molecule has 1 aromatic heterocycles. The van der Waals surface area contributed by atoms with Crippen molar-refractivity contribution in [3.05, 3.63) is 59.4 Å². The Balaban J connectivity index is 1.26. The molecule has 176 valence electrons. The highest BCUT2D eigenvalue weighted by Gasteiger charge is 2.63. The number of phenolic OH excluding ortho intramolecular Hbond substituents is 1. The number of hydrogen-bond acceptors (Lipinski definition) is 5. The number of pyridine rings is 1. The molecule has 1 saturated carbocycles. The largest absolute Gasteiger partial charge is 0.508 e. The number of likely N-dealkylation sites (tertiary alicyclic amines) is 2. The van der Waals surface area contributed by atoms with E-state index in [-0.39, 0.29) is 11.5 Å². The van der Waals surface area contributed by atoms with Crippen LogP contribution < -0.4 is 0 Å². The van der Waals surface area contributed by atoms with Gasteiger partial charge in [-0.3, -0.25) is 9.88 Å². The first-order chi connectivity index (χ1) is 16.1. The van der Waals surface area contributed by atoms with Gasteiger partial charge in [-0.1, -0.05) is 12.1 Å². The molecule has 33 heavy (non-hydrogen) atoms. The number of phenols is 1. The fourth-order valence-electron chi connectivity index (χ4n) is 7.19. The normalized spacial score (nSPS) is 32.1. The lowest BCUT2D eigenvalue weighted by molar-refractivity contribution is -0.149. The zero-order valence-corrected chi connectivity index (χ0v) is 19.6. The zero-order valence-electron chi connectivity index (χ0n) is 19.6. The summed E-state index contributed by atoms with van der Waals surface area (Å²) in [4.78, 5) is 9.45. The monoisotopic (exact) mass is 447 g/mol. The average Bonchev–Trinajstić information content (AvgIpc) is 3.65. The molecule has 2 aliphatic heterocycles. The Hall–Kier alpha value is -1.95. The van der Waals surface area contributed by atoms with Crippen LogP contribution in [0, 0.1) is 5.92 Å². The fourth-order valence-corrected chi connectivity index (χ4v) is 7.19. The van der Waals surface area contributed by atoms with E-state index >= 15 is 0 Å². The van der Waals surface area contributed by atoms with E-state index in [4.69, 9.17) is 0 Å². The molecule has 0 spiro atoms. The smallest absolute Gasteiger partial charge is 0.115 e. The minimum Gasteiger partial charge on any atom is -0.508 e. The average molecular weight is 448 g/mol. The number of aromatic nitrogens is 1. The van der Waals surface area contributed by atoms with Crippen LogP contribution in [0.1, 0.15) is 55.2 Å². The number of nitrogens with zero attached hydrogens (tertiary/aromatic N) is 3. The van der Waals surface area contributed by atoms with Crippen LogP contribution in [-0.4, -0.2) is 69.4 Å². The Labute approximate surface area is 197 Å². The summed E-state index contributed by atoms with van der Waals surface area (Å²) in [5.74, 6) is 1.17. The highest BCUT2D eigenvalue weighted by molar-refractivity contribution is 5.48. The van der Waals surface area contributed by atoms with Gasteiger partial charge in [0.25, 0.3) is 0 Å². The number of rotatable bonds is 6. The zero-order chi connectivity index (χ0) is 22.5.